The average molecular weight is 168 g/mol. The highest BCUT2D eigenvalue weighted by Crippen LogP contribution is 2.20. The van der Waals surface area contributed by atoms with Crippen LogP contribution in [0.3, 0.4) is 0 Å². The first-order chi connectivity index (χ1) is 5.58. The summed E-state index contributed by atoms with van der Waals surface area (Å²) in [5.41, 5.74) is 0.0167. The molecule has 12 heavy (non-hydrogen) atoms. The second-order valence-corrected chi connectivity index (χ2v) is 4.49. The Labute approximate surface area is 75.8 Å². The van der Waals surface area contributed by atoms with Gasteiger partial charge in [0.1, 0.15) is 0 Å². The third-order valence-electron chi connectivity index (χ3n) is 1.98. The Kier molecular flexibility index (Phi) is 3.33. The maximum atomic E-state index is 5.91. The molecule has 1 atom stereocenters. The van der Waals surface area contributed by atoms with E-state index in [9.17, 15) is 0 Å². The summed E-state index contributed by atoms with van der Waals surface area (Å²) in [5, 5.41) is 0. The van der Waals surface area contributed by atoms with E-state index in [1.807, 2.05) is 0 Å². The van der Waals surface area contributed by atoms with Crippen LogP contribution >= 0.6 is 0 Å². The second-order valence-electron chi connectivity index (χ2n) is 4.49. The van der Waals surface area contributed by atoms with Crippen LogP contribution in [0.4, 0.5) is 0 Å². The highest BCUT2D eigenvalue weighted by Gasteiger charge is 2.18. The van der Waals surface area contributed by atoms with Crippen molar-refractivity contribution in [2.45, 2.75) is 58.2 Å². The summed E-state index contributed by atoms with van der Waals surface area (Å²) in [6, 6.07) is 0. The van der Waals surface area contributed by atoms with Gasteiger partial charge in [-0.1, -0.05) is 12.2 Å². The topological polar surface area (TPSA) is 9.23 Å². The van der Waals surface area contributed by atoms with Crippen LogP contribution in [-0.2, 0) is 4.74 Å². The third kappa shape index (κ3) is 3.91. The highest BCUT2D eigenvalue weighted by atomic mass is 16.5. The van der Waals surface area contributed by atoms with Gasteiger partial charge in [0.25, 0.3) is 0 Å². The molecule has 1 rings (SSSR count). The molecule has 0 amide bonds. The van der Waals surface area contributed by atoms with Gasteiger partial charge in [-0.15, -0.1) is 0 Å². The van der Waals surface area contributed by atoms with Crippen molar-refractivity contribution in [1.29, 1.82) is 0 Å². The Morgan fingerprint density at radius 3 is 2.67 bits per heavy atom. The Bertz CT molecular complexity index is 153. The molecule has 0 fully saturated rings. The molecule has 1 unspecified atom stereocenters. The SMILES string of the molecule is CC(C)(C)OC1CC=CCCC1. The molecule has 0 aromatic heterocycles. The van der Waals surface area contributed by atoms with Crippen LogP contribution in [0.25, 0.3) is 0 Å². The molecule has 1 heteroatoms. The largest absolute Gasteiger partial charge is 0.372 e. The summed E-state index contributed by atoms with van der Waals surface area (Å²) in [4.78, 5) is 0. The van der Waals surface area contributed by atoms with Crippen LogP contribution in [0.5, 0.6) is 0 Å². The predicted molar refractivity (Wildman–Crippen MR) is 52.2 cm³/mol. The molecule has 0 spiro atoms. The fourth-order valence-corrected chi connectivity index (χ4v) is 1.55. The van der Waals surface area contributed by atoms with Crippen molar-refractivity contribution >= 4 is 0 Å². The van der Waals surface area contributed by atoms with Gasteiger partial charge < -0.3 is 4.74 Å². The van der Waals surface area contributed by atoms with Gasteiger partial charge in [-0.05, 0) is 46.5 Å². The van der Waals surface area contributed by atoms with E-state index in [1.165, 1.54) is 19.3 Å². The number of hydrogen-bond acceptors (Lipinski definition) is 1. The number of ether oxygens (including phenoxy) is 1. The zero-order chi connectivity index (χ0) is 9.03. The van der Waals surface area contributed by atoms with Crippen molar-refractivity contribution in [2.75, 3.05) is 0 Å². The van der Waals surface area contributed by atoms with Gasteiger partial charge in [0.05, 0.1) is 11.7 Å². The van der Waals surface area contributed by atoms with E-state index in [1.54, 1.807) is 0 Å². The number of rotatable bonds is 1. The Balaban J connectivity index is 2.36. The zero-order valence-electron chi connectivity index (χ0n) is 8.47. The van der Waals surface area contributed by atoms with Crippen molar-refractivity contribution in [3.63, 3.8) is 0 Å². The molecular formula is C11H20O. The summed E-state index contributed by atoms with van der Waals surface area (Å²) in [6.45, 7) is 6.38. The summed E-state index contributed by atoms with van der Waals surface area (Å²) in [6.07, 6.45) is 9.78. The van der Waals surface area contributed by atoms with E-state index in [0.29, 0.717) is 6.10 Å². The molecule has 1 nitrogen and oxygen atoms in total. The third-order valence-corrected chi connectivity index (χ3v) is 1.98. The predicted octanol–water partition coefficient (Wildman–Crippen LogP) is 3.30. The normalized spacial score (nSPS) is 25.4. The first-order valence-corrected chi connectivity index (χ1v) is 4.91. The van der Waals surface area contributed by atoms with Gasteiger partial charge in [0, 0.05) is 0 Å². The molecule has 0 N–H and O–H groups in total. The second kappa shape index (κ2) is 4.08. The zero-order valence-corrected chi connectivity index (χ0v) is 8.47. The Morgan fingerprint density at radius 2 is 2.00 bits per heavy atom. The fourth-order valence-electron chi connectivity index (χ4n) is 1.55. The molecule has 1 aliphatic rings. The van der Waals surface area contributed by atoms with Crippen LogP contribution in [-0.4, -0.2) is 11.7 Å². The van der Waals surface area contributed by atoms with E-state index < -0.39 is 0 Å². The summed E-state index contributed by atoms with van der Waals surface area (Å²) >= 11 is 0. The lowest BCUT2D eigenvalue weighted by molar-refractivity contribution is -0.0610. The monoisotopic (exact) mass is 168 g/mol. The van der Waals surface area contributed by atoms with E-state index in [0.717, 1.165) is 6.42 Å². The first kappa shape index (κ1) is 9.79. The minimum absolute atomic E-state index is 0.0167. The van der Waals surface area contributed by atoms with E-state index >= 15 is 0 Å². The highest BCUT2D eigenvalue weighted by molar-refractivity contribution is 4.88. The quantitative estimate of drug-likeness (QED) is 0.546. The van der Waals surface area contributed by atoms with E-state index in [4.69, 9.17) is 4.74 Å². The van der Waals surface area contributed by atoms with E-state index in [2.05, 4.69) is 32.9 Å². The van der Waals surface area contributed by atoms with Crippen molar-refractivity contribution in [1.82, 2.24) is 0 Å². The Morgan fingerprint density at radius 1 is 1.25 bits per heavy atom. The van der Waals surface area contributed by atoms with Crippen molar-refractivity contribution in [2.24, 2.45) is 0 Å². The van der Waals surface area contributed by atoms with Gasteiger partial charge in [0.2, 0.25) is 0 Å². The minimum Gasteiger partial charge on any atom is -0.372 e. The van der Waals surface area contributed by atoms with Crippen molar-refractivity contribution in [3.8, 4) is 0 Å². The molecule has 0 bridgehead atoms. The molecule has 0 heterocycles. The smallest absolute Gasteiger partial charge is 0.0616 e. The molecule has 0 saturated carbocycles. The summed E-state index contributed by atoms with van der Waals surface area (Å²) < 4.78 is 5.91. The molecule has 0 radical (unpaired) electrons. The maximum absolute atomic E-state index is 5.91. The van der Waals surface area contributed by atoms with E-state index in [-0.39, 0.29) is 5.60 Å². The molecule has 0 aromatic rings. The molecule has 1 aliphatic carbocycles. The Hall–Kier alpha value is -0.300. The lowest BCUT2D eigenvalue weighted by Crippen LogP contribution is -2.26. The van der Waals surface area contributed by atoms with Gasteiger partial charge >= 0.3 is 0 Å². The summed E-state index contributed by atoms with van der Waals surface area (Å²) in [5.74, 6) is 0. The molecule has 70 valence electrons. The first-order valence-electron chi connectivity index (χ1n) is 4.91. The molecule has 0 saturated heterocycles. The van der Waals surface area contributed by atoms with Gasteiger partial charge in [0.15, 0.2) is 0 Å². The van der Waals surface area contributed by atoms with Gasteiger partial charge in [-0.2, -0.15) is 0 Å². The van der Waals surface area contributed by atoms with Crippen LogP contribution in [0.2, 0.25) is 0 Å². The van der Waals surface area contributed by atoms with Crippen molar-refractivity contribution < 1.29 is 4.74 Å². The minimum atomic E-state index is 0.0167. The van der Waals surface area contributed by atoms with Gasteiger partial charge in [-0.3, -0.25) is 0 Å². The molecular weight excluding hydrogens is 148 g/mol. The summed E-state index contributed by atoms with van der Waals surface area (Å²) in [7, 11) is 0. The number of hydrogen-bond donors (Lipinski definition) is 0. The van der Waals surface area contributed by atoms with Gasteiger partial charge in [-0.25, -0.2) is 0 Å². The van der Waals surface area contributed by atoms with Crippen LogP contribution in [0.15, 0.2) is 12.2 Å². The fraction of sp³-hybridized carbons (Fsp3) is 0.818. The lowest BCUT2D eigenvalue weighted by Gasteiger charge is -2.26. The standard InChI is InChI=1S/C11H20O/c1-11(2,3)12-10-8-6-4-5-7-9-10/h4,6,10H,5,7-9H2,1-3H3. The van der Waals surface area contributed by atoms with Crippen LogP contribution in [0.1, 0.15) is 46.5 Å². The maximum Gasteiger partial charge on any atom is 0.0616 e. The molecule has 0 aromatic carbocycles. The lowest BCUT2D eigenvalue weighted by atomic mass is 10.1. The molecule has 0 aliphatic heterocycles. The average Bonchev–Trinajstić information content (AvgIpc) is 2.12. The van der Waals surface area contributed by atoms with Crippen LogP contribution in [0, 0.1) is 0 Å². The number of allylic oxidation sites excluding steroid dienone is 1. The van der Waals surface area contributed by atoms with Crippen molar-refractivity contribution in [3.05, 3.63) is 12.2 Å². The van der Waals surface area contributed by atoms with Crippen LogP contribution < -0.4 is 0 Å².